The normalized spacial score (nSPS) is 19.1. The lowest BCUT2D eigenvalue weighted by molar-refractivity contribution is 0.153. The van der Waals surface area contributed by atoms with Crippen LogP contribution in [0, 0.1) is 6.92 Å². The molecule has 0 atom stereocenters. The summed E-state index contributed by atoms with van der Waals surface area (Å²) in [6.45, 7) is 5.75. The molecular weight excluding hydrogens is 338 g/mol. The highest BCUT2D eigenvalue weighted by Crippen LogP contribution is 2.47. The Labute approximate surface area is 159 Å². The fourth-order valence-corrected chi connectivity index (χ4v) is 5.79. The van der Waals surface area contributed by atoms with Crippen molar-refractivity contribution in [2.45, 2.75) is 44.6 Å². The second-order valence-electron chi connectivity index (χ2n) is 7.95. The van der Waals surface area contributed by atoms with Gasteiger partial charge in [-0.15, -0.1) is 11.3 Å². The van der Waals surface area contributed by atoms with E-state index in [2.05, 4.69) is 48.2 Å². The van der Waals surface area contributed by atoms with Gasteiger partial charge in [-0.05, 0) is 86.0 Å². The Morgan fingerprint density at radius 1 is 1.04 bits per heavy atom. The third-order valence-corrected chi connectivity index (χ3v) is 7.38. The lowest BCUT2D eigenvalue weighted by atomic mass is 9.73. The molecule has 1 spiro atoms. The molecule has 0 N–H and O–H groups in total. The summed E-state index contributed by atoms with van der Waals surface area (Å²) in [7, 11) is 0. The summed E-state index contributed by atoms with van der Waals surface area (Å²) in [6.07, 6.45) is 8.77. The Morgan fingerprint density at radius 3 is 2.65 bits per heavy atom. The van der Waals surface area contributed by atoms with Gasteiger partial charge in [0.1, 0.15) is 0 Å². The molecule has 134 valence electrons. The Balaban J connectivity index is 1.35. The number of benzene rings is 1. The third kappa shape index (κ3) is 2.83. The summed E-state index contributed by atoms with van der Waals surface area (Å²) in [5.74, 6) is 0. The van der Waals surface area contributed by atoms with Crippen molar-refractivity contribution in [1.82, 2.24) is 4.90 Å². The SMILES string of the molecule is Cc1ccc(CN2CCC3(CCc4ccc(-c5ccoc5)cc43)CC2)s1. The maximum Gasteiger partial charge on any atom is 0.0980 e. The van der Waals surface area contributed by atoms with Gasteiger partial charge in [0, 0.05) is 21.9 Å². The van der Waals surface area contributed by atoms with E-state index in [1.165, 1.54) is 59.7 Å². The monoisotopic (exact) mass is 363 g/mol. The van der Waals surface area contributed by atoms with Crippen molar-refractivity contribution in [2.24, 2.45) is 0 Å². The highest BCUT2D eigenvalue weighted by atomic mass is 32.1. The van der Waals surface area contributed by atoms with Crippen LogP contribution < -0.4 is 0 Å². The van der Waals surface area contributed by atoms with Crippen LogP contribution in [0.25, 0.3) is 11.1 Å². The van der Waals surface area contributed by atoms with E-state index >= 15 is 0 Å². The largest absolute Gasteiger partial charge is 0.472 e. The van der Waals surface area contributed by atoms with Crippen LogP contribution in [0.2, 0.25) is 0 Å². The molecule has 1 saturated heterocycles. The zero-order valence-corrected chi connectivity index (χ0v) is 16.1. The molecule has 3 heteroatoms. The number of fused-ring (bicyclic) bond motifs is 2. The second-order valence-corrected chi connectivity index (χ2v) is 9.33. The fourth-order valence-electron chi connectivity index (χ4n) is 4.85. The van der Waals surface area contributed by atoms with E-state index in [0.717, 1.165) is 6.54 Å². The van der Waals surface area contributed by atoms with Crippen LogP contribution in [0.3, 0.4) is 0 Å². The molecule has 3 heterocycles. The lowest BCUT2D eigenvalue weighted by Gasteiger charge is -2.40. The maximum atomic E-state index is 5.29. The van der Waals surface area contributed by atoms with Gasteiger partial charge in [0.25, 0.3) is 0 Å². The molecule has 3 aromatic rings. The van der Waals surface area contributed by atoms with Crippen molar-refractivity contribution in [3.8, 4) is 11.1 Å². The van der Waals surface area contributed by atoms with Crippen molar-refractivity contribution in [3.63, 3.8) is 0 Å². The number of nitrogens with zero attached hydrogens (tertiary/aromatic N) is 1. The van der Waals surface area contributed by atoms with E-state index in [1.807, 2.05) is 17.6 Å². The Morgan fingerprint density at radius 2 is 1.92 bits per heavy atom. The van der Waals surface area contributed by atoms with Crippen molar-refractivity contribution in [3.05, 3.63) is 69.8 Å². The summed E-state index contributed by atoms with van der Waals surface area (Å²) < 4.78 is 5.29. The molecular formula is C23H25NOS. The Kier molecular flexibility index (Phi) is 4.02. The summed E-state index contributed by atoms with van der Waals surface area (Å²) in [6, 6.07) is 13.7. The highest BCUT2D eigenvalue weighted by Gasteiger charge is 2.41. The van der Waals surface area contributed by atoms with E-state index < -0.39 is 0 Å². The standard InChI is InChI=1S/C23H25NOS/c1-17-2-5-21(26-17)15-24-11-9-23(10-12-24)8-6-18-3-4-19(14-22(18)23)20-7-13-25-16-20/h2-5,7,13-14,16H,6,8-12,15H2,1H3. The molecule has 26 heavy (non-hydrogen) atoms. The molecule has 5 rings (SSSR count). The summed E-state index contributed by atoms with van der Waals surface area (Å²) >= 11 is 1.94. The number of piperidine rings is 1. The van der Waals surface area contributed by atoms with Crippen LogP contribution in [0.4, 0.5) is 0 Å². The van der Waals surface area contributed by atoms with E-state index in [9.17, 15) is 0 Å². The minimum atomic E-state index is 0.400. The van der Waals surface area contributed by atoms with Crippen LogP contribution in [0.5, 0.6) is 0 Å². The smallest absolute Gasteiger partial charge is 0.0980 e. The van der Waals surface area contributed by atoms with Crippen molar-refractivity contribution < 1.29 is 4.42 Å². The topological polar surface area (TPSA) is 16.4 Å². The van der Waals surface area contributed by atoms with E-state index in [-0.39, 0.29) is 0 Å². The molecule has 0 unspecified atom stereocenters. The van der Waals surface area contributed by atoms with Crippen LogP contribution in [0.1, 0.15) is 40.1 Å². The second kappa shape index (κ2) is 6.40. The van der Waals surface area contributed by atoms with Crippen LogP contribution in [0.15, 0.2) is 53.3 Å². The quantitative estimate of drug-likeness (QED) is 0.585. The number of rotatable bonds is 3. The van der Waals surface area contributed by atoms with Crippen molar-refractivity contribution in [2.75, 3.05) is 13.1 Å². The van der Waals surface area contributed by atoms with E-state index in [4.69, 9.17) is 4.42 Å². The van der Waals surface area contributed by atoms with Gasteiger partial charge in [0.05, 0.1) is 12.5 Å². The highest BCUT2D eigenvalue weighted by molar-refractivity contribution is 7.11. The number of likely N-dealkylation sites (tertiary alicyclic amines) is 1. The first-order chi connectivity index (χ1) is 12.7. The molecule has 0 saturated carbocycles. The lowest BCUT2D eigenvalue weighted by Crippen LogP contribution is -2.41. The van der Waals surface area contributed by atoms with Crippen LogP contribution in [-0.4, -0.2) is 18.0 Å². The minimum Gasteiger partial charge on any atom is -0.472 e. The summed E-state index contributed by atoms with van der Waals surface area (Å²) in [5.41, 5.74) is 6.08. The molecule has 1 fully saturated rings. The molecule has 2 aromatic heterocycles. The molecule has 2 aliphatic rings. The molecule has 0 amide bonds. The molecule has 0 radical (unpaired) electrons. The average molecular weight is 364 g/mol. The first-order valence-electron chi connectivity index (χ1n) is 9.66. The van der Waals surface area contributed by atoms with Crippen LogP contribution in [-0.2, 0) is 18.4 Å². The molecule has 1 aromatic carbocycles. The van der Waals surface area contributed by atoms with Gasteiger partial charge in [0.2, 0.25) is 0 Å². The zero-order valence-electron chi connectivity index (χ0n) is 15.3. The summed E-state index contributed by atoms with van der Waals surface area (Å²) in [4.78, 5) is 5.58. The first kappa shape index (κ1) is 16.3. The fraction of sp³-hybridized carbons (Fsp3) is 0.391. The molecule has 2 nitrogen and oxygen atoms in total. The van der Waals surface area contributed by atoms with Gasteiger partial charge in [-0.1, -0.05) is 18.2 Å². The van der Waals surface area contributed by atoms with E-state index in [0.29, 0.717) is 5.41 Å². The van der Waals surface area contributed by atoms with Crippen LogP contribution >= 0.6 is 11.3 Å². The molecule has 0 bridgehead atoms. The maximum absolute atomic E-state index is 5.29. The van der Waals surface area contributed by atoms with Gasteiger partial charge in [-0.3, -0.25) is 4.90 Å². The number of hydrogen-bond donors (Lipinski definition) is 0. The van der Waals surface area contributed by atoms with Gasteiger partial charge in [-0.25, -0.2) is 0 Å². The average Bonchev–Trinajstić information content (AvgIpc) is 3.39. The van der Waals surface area contributed by atoms with Gasteiger partial charge in [0.15, 0.2) is 0 Å². The first-order valence-corrected chi connectivity index (χ1v) is 10.5. The predicted octanol–water partition coefficient (Wildman–Crippen LogP) is 5.80. The molecule has 1 aliphatic heterocycles. The van der Waals surface area contributed by atoms with Gasteiger partial charge < -0.3 is 4.42 Å². The predicted molar refractivity (Wildman–Crippen MR) is 108 cm³/mol. The van der Waals surface area contributed by atoms with Gasteiger partial charge in [-0.2, -0.15) is 0 Å². The third-order valence-electron chi connectivity index (χ3n) is 6.40. The number of hydrogen-bond acceptors (Lipinski definition) is 3. The van der Waals surface area contributed by atoms with Crippen molar-refractivity contribution >= 4 is 11.3 Å². The number of aryl methyl sites for hydroxylation is 2. The van der Waals surface area contributed by atoms with Crippen molar-refractivity contribution in [1.29, 1.82) is 0 Å². The summed E-state index contributed by atoms with van der Waals surface area (Å²) in [5, 5.41) is 0. The van der Waals surface area contributed by atoms with E-state index in [1.54, 1.807) is 17.4 Å². The number of furan rings is 1. The van der Waals surface area contributed by atoms with Gasteiger partial charge >= 0.3 is 0 Å². The number of thiophene rings is 1. The Bertz CT molecular complexity index is 900. The molecule has 1 aliphatic carbocycles. The minimum absolute atomic E-state index is 0.400. The zero-order chi connectivity index (χ0) is 17.6. The Hall–Kier alpha value is -1.84.